The molecule has 0 aliphatic carbocycles. The predicted molar refractivity (Wildman–Crippen MR) is 109 cm³/mol. The highest BCUT2D eigenvalue weighted by atomic mass is 32.2. The first-order chi connectivity index (χ1) is 12.4. The number of thioether (sulfide) groups is 1. The summed E-state index contributed by atoms with van der Waals surface area (Å²) >= 11 is 3.53. The van der Waals surface area contributed by atoms with E-state index in [0.29, 0.717) is 0 Å². The summed E-state index contributed by atoms with van der Waals surface area (Å²) in [5.74, 6) is 2.10. The van der Waals surface area contributed by atoms with Crippen LogP contribution in [-0.2, 0) is 0 Å². The molecule has 0 spiro atoms. The molecule has 0 bridgehead atoms. The summed E-state index contributed by atoms with van der Waals surface area (Å²) in [5, 5.41) is 5.53. The summed E-state index contributed by atoms with van der Waals surface area (Å²) in [7, 11) is 1.87. The van der Waals surface area contributed by atoms with Gasteiger partial charge in [0.2, 0.25) is 0 Å². The van der Waals surface area contributed by atoms with Crippen LogP contribution in [0.3, 0.4) is 0 Å². The Balaban J connectivity index is 1.37. The van der Waals surface area contributed by atoms with Gasteiger partial charge in [-0.3, -0.25) is 4.99 Å². The standard InChI is InChI=1S/C18H25N5S2/c1-19-17(20-8-5-14-24-18-21-9-15-25-18)23-12-10-22(11-13-23)16-6-3-2-4-7-16/h2-4,6-7,9,15H,5,8,10-14H2,1H3,(H,19,20). The smallest absolute Gasteiger partial charge is 0.193 e. The van der Waals surface area contributed by atoms with Crippen molar-refractivity contribution in [3.05, 3.63) is 41.9 Å². The summed E-state index contributed by atoms with van der Waals surface area (Å²) in [6.45, 7) is 5.02. The van der Waals surface area contributed by atoms with Crippen molar-refractivity contribution in [3.8, 4) is 0 Å². The van der Waals surface area contributed by atoms with Crippen LogP contribution in [0.2, 0.25) is 0 Å². The molecule has 1 aromatic heterocycles. The number of guanidine groups is 1. The summed E-state index contributed by atoms with van der Waals surface area (Å²) in [4.78, 5) is 13.5. The topological polar surface area (TPSA) is 43.8 Å². The van der Waals surface area contributed by atoms with E-state index in [1.165, 1.54) is 5.69 Å². The summed E-state index contributed by atoms with van der Waals surface area (Å²) < 4.78 is 1.15. The number of benzene rings is 1. The molecule has 1 aliphatic rings. The van der Waals surface area contributed by atoms with E-state index in [9.17, 15) is 0 Å². The molecule has 0 saturated carbocycles. The molecule has 5 nitrogen and oxygen atoms in total. The summed E-state index contributed by atoms with van der Waals surface area (Å²) in [6, 6.07) is 10.6. The van der Waals surface area contributed by atoms with Crippen molar-refractivity contribution in [3.63, 3.8) is 0 Å². The van der Waals surface area contributed by atoms with Crippen molar-refractivity contribution in [2.75, 3.05) is 50.4 Å². The Labute approximate surface area is 158 Å². The highest BCUT2D eigenvalue weighted by Gasteiger charge is 2.19. The highest BCUT2D eigenvalue weighted by Crippen LogP contribution is 2.20. The molecule has 0 atom stereocenters. The molecule has 0 amide bonds. The number of nitrogens with zero attached hydrogens (tertiary/aromatic N) is 4. The Morgan fingerprint density at radius 3 is 2.72 bits per heavy atom. The van der Waals surface area contributed by atoms with E-state index >= 15 is 0 Å². The molecule has 1 saturated heterocycles. The summed E-state index contributed by atoms with van der Waals surface area (Å²) in [6.07, 6.45) is 2.97. The van der Waals surface area contributed by atoms with E-state index in [2.05, 4.69) is 55.4 Å². The molecule has 2 heterocycles. The van der Waals surface area contributed by atoms with Gasteiger partial charge in [0.1, 0.15) is 4.34 Å². The van der Waals surface area contributed by atoms with Crippen LogP contribution in [0.15, 0.2) is 51.2 Å². The third-order valence-corrected chi connectivity index (χ3v) is 6.20. The molecule has 25 heavy (non-hydrogen) atoms. The number of aliphatic imine (C=N–C) groups is 1. The lowest BCUT2D eigenvalue weighted by Crippen LogP contribution is -2.52. The van der Waals surface area contributed by atoms with Gasteiger partial charge in [-0.2, -0.15) is 0 Å². The number of hydrogen-bond acceptors (Lipinski definition) is 5. The van der Waals surface area contributed by atoms with Crippen LogP contribution in [-0.4, -0.2) is 61.4 Å². The molecule has 0 unspecified atom stereocenters. The zero-order valence-corrected chi connectivity index (χ0v) is 16.2. The highest BCUT2D eigenvalue weighted by molar-refractivity contribution is 8.00. The van der Waals surface area contributed by atoms with Crippen LogP contribution in [0.1, 0.15) is 6.42 Å². The van der Waals surface area contributed by atoms with Crippen LogP contribution >= 0.6 is 23.1 Å². The first-order valence-corrected chi connectivity index (χ1v) is 10.5. The monoisotopic (exact) mass is 375 g/mol. The second-order valence-electron chi connectivity index (χ2n) is 5.78. The lowest BCUT2D eigenvalue weighted by molar-refractivity contribution is 0.373. The van der Waals surface area contributed by atoms with E-state index in [4.69, 9.17) is 0 Å². The van der Waals surface area contributed by atoms with Gasteiger partial charge in [0.05, 0.1) is 0 Å². The molecule has 0 radical (unpaired) electrons. The normalized spacial score (nSPS) is 15.5. The zero-order valence-electron chi connectivity index (χ0n) is 14.6. The van der Waals surface area contributed by atoms with Crippen molar-refractivity contribution in [2.24, 2.45) is 4.99 Å². The molecule has 1 N–H and O–H groups in total. The first-order valence-electron chi connectivity index (χ1n) is 8.64. The Morgan fingerprint density at radius 1 is 1.24 bits per heavy atom. The Hall–Kier alpha value is -1.73. The van der Waals surface area contributed by atoms with E-state index in [-0.39, 0.29) is 0 Å². The second kappa shape index (κ2) is 9.68. The van der Waals surface area contributed by atoms with Gasteiger partial charge in [0.25, 0.3) is 0 Å². The van der Waals surface area contributed by atoms with Gasteiger partial charge in [-0.05, 0) is 18.6 Å². The Bertz CT molecular complexity index is 637. The lowest BCUT2D eigenvalue weighted by Gasteiger charge is -2.37. The number of aromatic nitrogens is 1. The van der Waals surface area contributed by atoms with Crippen LogP contribution < -0.4 is 10.2 Å². The van der Waals surface area contributed by atoms with Gasteiger partial charge in [0, 0.05) is 62.8 Å². The SMILES string of the molecule is CN=C(NCCCSc1nccs1)N1CCN(c2ccccc2)CC1. The number of anilines is 1. The summed E-state index contributed by atoms with van der Waals surface area (Å²) in [5.41, 5.74) is 1.31. The van der Waals surface area contributed by atoms with E-state index in [1.807, 2.05) is 30.4 Å². The molecule has 3 rings (SSSR count). The third kappa shape index (κ3) is 5.37. The van der Waals surface area contributed by atoms with Crippen LogP contribution in [0.5, 0.6) is 0 Å². The second-order valence-corrected chi connectivity index (χ2v) is 8.02. The van der Waals surface area contributed by atoms with Gasteiger partial charge in [-0.25, -0.2) is 4.98 Å². The fraction of sp³-hybridized carbons (Fsp3) is 0.444. The van der Waals surface area contributed by atoms with Gasteiger partial charge in [-0.1, -0.05) is 30.0 Å². The van der Waals surface area contributed by atoms with E-state index < -0.39 is 0 Å². The maximum Gasteiger partial charge on any atom is 0.193 e. The number of rotatable bonds is 6. The van der Waals surface area contributed by atoms with Crippen LogP contribution in [0.4, 0.5) is 5.69 Å². The zero-order chi connectivity index (χ0) is 17.3. The minimum absolute atomic E-state index is 0.948. The number of hydrogen-bond donors (Lipinski definition) is 1. The fourth-order valence-electron chi connectivity index (χ4n) is 2.86. The first kappa shape index (κ1) is 18.1. The number of thiazole rings is 1. The van der Waals surface area contributed by atoms with E-state index in [1.54, 1.807) is 11.3 Å². The van der Waals surface area contributed by atoms with Gasteiger partial charge in [0.15, 0.2) is 5.96 Å². The minimum atomic E-state index is 0.948. The van der Waals surface area contributed by atoms with E-state index in [0.717, 1.165) is 55.2 Å². The van der Waals surface area contributed by atoms with Crippen molar-refractivity contribution in [1.29, 1.82) is 0 Å². The molecule has 1 aliphatic heterocycles. The number of piperazine rings is 1. The molecule has 134 valence electrons. The van der Waals surface area contributed by atoms with Gasteiger partial charge in [-0.15, -0.1) is 11.3 Å². The molecular formula is C18H25N5S2. The van der Waals surface area contributed by atoms with Crippen molar-refractivity contribution >= 4 is 34.7 Å². The van der Waals surface area contributed by atoms with Crippen LogP contribution in [0.25, 0.3) is 0 Å². The molecular weight excluding hydrogens is 350 g/mol. The lowest BCUT2D eigenvalue weighted by atomic mass is 10.2. The average Bonchev–Trinajstić information content (AvgIpc) is 3.19. The Morgan fingerprint density at radius 2 is 2.04 bits per heavy atom. The molecule has 1 aromatic carbocycles. The quantitative estimate of drug-likeness (QED) is 0.364. The average molecular weight is 376 g/mol. The molecule has 2 aromatic rings. The Kier molecular flexibility index (Phi) is 6.99. The van der Waals surface area contributed by atoms with Gasteiger partial charge >= 0.3 is 0 Å². The maximum absolute atomic E-state index is 4.45. The van der Waals surface area contributed by atoms with Crippen molar-refractivity contribution in [1.82, 2.24) is 15.2 Å². The molecule has 1 fully saturated rings. The number of nitrogens with one attached hydrogen (secondary N) is 1. The fourth-order valence-corrected chi connectivity index (χ4v) is 4.51. The van der Waals surface area contributed by atoms with Crippen molar-refractivity contribution in [2.45, 2.75) is 10.8 Å². The van der Waals surface area contributed by atoms with Crippen molar-refractivity contribution < 1.29 is 0 Å². The predicted octanol–water partition coefficient (Wildman–Crippen LogP) is 3.02. The maximum atomic E-state index is 4.45. The largest absolute Gasteiger partial charge is 0.368 e. The minimum Gasteiger partial charge on any atom is -0.368 e. The molecule has 7 heteroatoms. The van der Waals surface area contributed by atoms with Crippen LogP contribution in [0, 0.1) is 0 Å². The number of para-hydroxylation sites is 1. The third-order valence-electron chi connectivity index (χ3n) is 4.15. The van der Waals surface area contributed by atoms with Gasteiger partial charge < -0.3 is 15.1 Å².